The molecule has 0 amide bonds. The Balaban J connectivity index is 1.80. The lowest BCUT2D eigenvalue weighted by molar-refractivity contribution is 1.07. The summed E-state index contributed by atoms with van der Waals surface area (Å²) in [6.07, 6.45) is 34.5. The van der Waals surface area contributed by atoms with Gasteiger partial charge in [0, 0.05) is 0 Å². The molecular formula is C34H30. The molecular weight excluding hydrogens is 408 g/mol. The second-order valence-electron chi connectivity index (χ2n) is 8.70. The van der Waals surface area contributed by atoms with Crippen molar-refractivity contribution in [3.8, 4) is 0 Å². The van der Waals surface area contributed by atoms with Crippen molar-refractivity contribution in [2.75, 3.05) is 0 Å². The van der Waals surface area contributed by atoms with Gasteiger partial charge in [-0.05, 0) is 69.5 Å². The maximum Gasteiger partial charge on any atom is -0.00667 e. The third-order valence-electron chi connectivity index (χ3n) is 6.49. The zero-order valence-corrected chi connectivity index (χ0v) is 19.5. The molecule has 2 aliphatic carbocycles. The Labute approximate surface area is 203 Å². The highest BCUT2D eigenvalue weighted by Crippen LogP contribution is 2.42. The van der Waals surface area contributed by atoms with E-state index in [-0.39, 0.29) is 0 Å². The van der Waals surface area contributed by atoms with Gasteiger partial charge in [0.2, 0.25) is 0 Å². The molecule has 2 aliphatic rings. The van der Waals surface area contributed by atoms with Gasteiger partial charge in [-0.1, -0.05) is 134 Å². The summed E-state index contributed by atoms with van der Waals surface area (Å²) in [6.45, 7) is 0. The van der Waals surface area contributed by atoms with Crippen molar-refractivity contribution in [1.29, 1.82) is 0 Å². The van der Waals surface area contributed by atoms with Gasteiger partial charge in [0.05, 0.1) is 0 Å². The average molecular weight is 439 g/mol. The van der Waals surface area contributed by atoms with E-state index in [1.807, 2.05) is 0 Å². The topological polar surface area (TPSA) is 0 Å². The zero-order chi connectivity index (χ0) is 23.0. The molecule has 0 bridgehead atoms. The number of hydrogen-bond donors (Lipinski definition) is 0. The van der Waals surface area contributed by atoms with Gasteiger partial charge in [0.1, 0.15) is 0 Å². The molecule has 0 aliphatic heterocycles. The zero-order valence-electron chi connectivity index (χ0n) is 19.5. The molecule has 0 radical (unpaired) electrons. The molecule has 0 nitrogen and oxygen atoms in total. The molecule has 5 rings (SSSR count). The van der Waals surface area contributed by atoms with Gasteiger partial charge in [-0.2, -0.15) is 0 Å². The fraction of sp³-hybridized carbons (Fsp3) is 0.118. The van der Waals surface area contributed by atoms with Crippen molar-refractivity contribution in [2.24, 2.45) is 0 Å². The molecule has 0 spiro atoms. The molecule has 3 aromatic carbocycles. The number of hydrogen-bond acceptors (Lipinski definition) is 0. The summed E-state index contributed by atoms with van der Waals surface area (Å²) in [4.78, 5) is 0. The second kappa shape index (κ2) is 10.8. The number of fused-ring (bicyclic) bond motifs is 2. The van der Waals surface area contributed by atoms with Crippen LogP contribution in [0.5, 0.6) is 0 Å². The fourth-order valence-corrected chi connectivity index (χ4v) is 4.96. The lowest BCUT2D eigenvalue weighted by atomic mass is 9.83. The number of rotatable bonds is 2. The predicted octanol–water partition coefficient (Wildman–Crippen LogP) is 9.68. The monoisotopic (exact) mass is 438 g/mol. The summed E-state index contributed by atoms with van der Waals surface area (Å²) in [5.41, 5.74) is 5.53. The first kappa shape index (κ1) is 21.9. The van der Waals surface area contributed by atoms with Gasteiger partial charge < -0.3 is 0 Å². The molecule has 0 heterocycles. The van der Waals surface area contributed by atoms with Gasteiger partial charge >= 0.3 is 0 Å². The van der Waals surface area contributed by atoms with Crippen LogP contribution in [0.2, 0.25) is 0 Å². The van der Waals surface area contributed by atoms with Gasteiger partial charge in [-0.3, -0.25) is 0 Å². The van der Waals surface area contributed by atoms with Crippen molar-refractivity contribution >= 4 is 32.7 Å². The highest BCUT2D eigenvalue weighted by Gasteiger charge is 2.18. The Hall–Kier alpha value is -3.90. The summed E-state index contributed by atoms with van der Waals surface area (Å²) in [5.74, 6) is 0. The van der Waals surface area contributed by atoms with E-state index in [9.17, 15) is 0 Å². The van der Waals surface area contributed by atoms with Gasteiger partial charge in [-0.15, -0.1) is 0 Å². The van der Waals surface area contributed by atoms with E-state index in [0.29, 0.717) is 0 Å². The van der Waals surface area contributed by atoms with E-state index < -0.39 is 0 Å². The molecule has 0 aromatic heterocycles. The highest BCUT2D eigenvalue weighted by molar-refractivity contribution is 6.16. The maximum atomic E-state index is 2.31. The molecule has 0 N–H and O–H groups in total. The Bertz CT molecular complexity index is 1260. The maximum absolute atomic E-state index is 2.31. The van der Waals surface area contributed by atoms with Crippen molar-refractivity contribution in [1.82, 2.24) is 0 Å². The minimum atomic E-state index is 1.02. The van der Waals surface area contributed by atoms with Crippen LogP contribution in [0.4, 0.5) is 0 Å². The molecule has 0 atom stereocenters. The van der Waals surface area contributed by atoms with Crippen LogP contribution in [-0.4, -0.2) is 0 Å². The number of allylic oxidation sites excluding steroid dienone is 16. The Morgan fingerprint density at radius 1 is 0.382 bits per heavy atom. The van der Waals surface area contributed by atoms with E-state index in [0.717, 1.165) is 25.7 Å². The van der Waals surface area contributed by atoms with E-state index in [2.05, 4.69) is 134 Å². The molecule has 0 unspecified atom stereocenters. The molecule has 166 valence electrons. The fourth-order valence-electron chi connectivity index (χ4n) is 4.96. The van der Waals surface area contributed by atoms with Crippen LogP contribution < -0.4 is 0 Å². The molecule has 0 saturated carbocycles. The summed E-state index contributed by atoms with van der Waals surface area (Å²) >= 11 is 0. The van der Waals surface area contributed by atoms with Crippen molar-refractivity contribution in [3.05, 3.63) is 145 Å². The second-order valence-corrected chi connectivity index (χ2v) is 8.70. The molecule has 34 heavy (non-hydrogen) atoms. The third-order valence-corrected chi connectivity index (χ3v) is 6.49. The lowest BCUT2D eigenvalue weighted by Gasteiger charge is -2.20. The van der Waals surface area contributed by atoms with Crippen LogP contribution in [-0.2, 0) is 0 Å². The first-order chi connectivity index (χ1) is 16.9. The van der Waals surface area contributed by atoms with Crippen LogP contribution in [0, 0.1) is 0 Å². The molecule has 0 heteroatoms. The smallest absolute Gasteiger partial charge is 0.00667 e. The minimum absolute atomic E-state index is 1.02. The van der Waals surface area contributed by atoms with Gasteiger partial charge in [0.15, 0.2) is 0 Å². The Morgan fingerprint density at radius 3 is 1.15 bits per heavy atom. The van der Waals surface area contributed by atoms with E-state index in [1.54, 1.807) is 0 Å². The van der Waals surface area contributed by atoms with E-state index in [1.165, 1.54) is 43.8 Å². The van der Waals surface area contributed by atoms with Crippen molar-refractivity contribution < 1.29 is 0 Å². The first-order valence-electron chi connectivity index (χ1n) is 12.3. The minimum Gasteiger partial charge on any atom is -0.0842 e. The standard InChI is InChI=1S/C34H30/c1-3-7-11-19-27(20-12-8-4-1)33-29-23-15-17-25-31(29)34(32-26-18-16-24-30(32)33)28-21-13-9-5-2-6-10-14-22-28/h1-11,13,15-19,21,23-26H,12,14,20,22H2/b3-1-,5-2-,8-4+,10-6+,11-7-,13-9-,27-19-,28-21-. The quantitative estimate of drug-likeness (QED) is 0.349. The Morgan fingerprint density at radius 2 is 0.735 bits per heavy atom. The average Bonchev–Trinajstić information content (AvgIpc) is 2.89. The van der Waals surface area contributed by atoms with E-state index >= 15 is 0 Å². The number of benzene rings is 3. The molecule has 0 saturated heterocycles. The largest absolute Gasteiger partial charge is 0.0842 e. The van der Waals surface area contributed by atoms with Gasteiger partial charge in [-0.25, -0.2) is 0 Å². The Kier molecular flexibility index (Phi) is 6.97. The summed E-state index contributed by atoms with van der Waals surface area (Å²) in [5, 5.41) is 5.35. The third kappa shape index (κ3) is 4.72. The molecule has 0 fully saturated rings. The molecule has 3 aromatic rings. The van der Waals surface area contributed by atoms with Crippen molar-refractivity contribution in [3.63, 3.8) is 0 Å². The first-order valence-corrected chi connectivity index (χ1v) is 12.3. The SMILES string of the molecule is C1=C\C=C(/c2c3ccccc3c(\C3=C/C=C\C=C/C=C/CC3)c3ccccc23)CC\C=C\C=C/1. The van der Waals surface area contributed by atoms with Crippen molar-refractivity contribution in [2.45, 2.75) is 25.7 Å². The van der Waals surface area contributed by atoms with Crippen LogP contribution in [0.1, 0.15) is 36.8 Å². The van der Waals surface area contributed by atoms with E-state index in [4.69, 9.17) is 0 Å². The summed E-state index contributed by atoms with van der Waals surface area (Å²) in [7, 11) is 0. The predicted molar refractivity (Wildman–Crippen MR) is 151 cm³/mol. The van der Waals surface area contributed by atoms with Crippen LogP contribution in [0.25, 0.3) is 32.7 Å². The normalized spacial score (nSPS) is 25.3. The highest BCUT2D eigenvalue weighted by atomic mass is 14.2. The summed E-state index contributed by atoms with van der Waals surface area (Å²) in [6, 6.07) is 17.9. The van der Waals surface area contributed by atoms with Gasteiger partial charge in [0.25, 0.3) is 0 Å². The lowest BCUT2D eigenvalue weighted by Crippen LogP contribution is -1.97. The van der Waals surface area contributed by atoms with Crippen LogP contribution in [0.3, 0.4) is 0 Å². The van der Waals surface area contributed by atoms with Crippen LogP contribution in [0.15, 0.2) is 134 Å². The van der Waals surface area contributed by atoms with Crippen LogP contribution >= 0.6 is 0 Å². The summed E-state index contributed by atoms with van der Waals surface area (Å²) < 4.78 is 0.